The molecule has 8 nitrogen and oxygen atoms in total. The number of carbonyl (C=O) groups is 3. The average Bonchev–Trinajstić information content (AvgIpc) is 2.57. The molecule has 0 heterocycles. The zero-order chi connectivity index (χ0) is 19.7. The van der Waals surface area contributed by atoms with Gasteiger partial charge in [-0.25, -0.2) is 5.06 Å². The van der Waals surface area contributed by atoms with Gasteiger partial charge in [0, 0.05) is 42.9 Å². The number of amides is 3. The lowest BCUT2D eigenvalue weighted by Gasteiger charge is -2.16. The zero-order valence-corrected chi connectivity index (χ0v) is 16.2. The number of hydrogen-bond donors (Lipinski definition) is 2. The number of carbonyl (C=O) groups excluding carboxylic acids is 3. The molecule has 0 aliphatic heterocycles. The number of benzene rings is 1. The topological polar surface area (TPSA) is 97.0 Å². The first-order chi connectivity index (χ1) is 12.3. The fourth-order valence-electron chi connectivity index (χ4n) is 1.97. The highest BCUT2D eigenvalue weighted by Crippen LogP contribution is 2.22. The molecule has 0 fully saturated rings. The maximum absolute atomic E-state index is 12.2. The molecule has 0 saturated heterocycles. The largest absolute Gasteiger partial charge is 0.362 e. The third kappa shape index (κ3) is 7.17. The van der Waals surface area contributed by atoms with Crippen LogP contribution < -0.4 is 10.6 Å². The van der Waals surface area contributed by atoms with Crippen LogP contribution >= 0.6 is 23.2 Å². The van der Waals surface area contributed by atoms with Crippen LogP contribution in [0.25, 0.3) is 0 Å². The van der Waals surface area contributed by atoms with Crippen LogP contribution in [0.1, 0.15) is 12.8 Å². The lowest BCUT2D eigenvalue weighted by molar-refractivity contribution is -0.168. The van der Waals surface area contributed by atoms with Gasteiger partial charge in [0.15, 0.2) is 0 Å². The van der Waals surface area contributed by atoms with Crippen LogP contribution in [0, 0.1) is 0 Å². The Kier molecular flexibility index (Phi) is 9.36. The van der Waals surface area contributed by atoms with Gasteiger partial charge in [-0.1, -0.05) is 23.2 Å². The van der Waals surface area contributed by atoms with Crippen molar-refractivity contribution in [2.45, 2.75) is 18.9 Å². The minimum absolute atomic E-state index is 0.190. The molecule has 1 aromatic carbocycles. The SMILES string of the molecule is COC(C(=O)NCCCC(=O)N(C)OC)C(=O)Nc1cc(Cl)cc(Cl)c1. The van der Waals surface area contributed by atoms with Crippen LogP contribution in [0.15, 0.2) is 18.2 Å². The average molecular weight is 406 g/mol. The monoisotopic (exact) mass is 405 g/mol. The second kappa shape index (κ2) is 11.0. The number of ether oxygens (including phenoxy) is 1. The van der Waals surface area contributed by atoms with Crippen molar-refractivity contribution in [1.82, 2.24) is 10.4 Å². The molecule has 10 heteroatoms. The molecule has 1 unspecified atom stereocenters. The van der Waals surface area contributed by atoms with Crippen molar-refractivity contribution in [1.29, 1.82) is 0 Å². The van der Waals surface area contributed by atoms with E-state index in [0.717, 1.165) is 5.06 Å². The summed E-state index contributed by atoms with van der Waals surface area (Å²) in [5.41, 5.74) is 0.343. The summed E-state index contributed by atoms with van der Waals surface area (Å²) in [6.07, 6.45) is -0.777. The summed E-state index contributed by atoms with van der Waals surface area (Å²) in [6.45, 7) is 0.207. The summed E-state index contributed by atoms with van der Waals surface area (Å²) in [5.74, 6) is -1.51. The van der Waals surface area contributed by atoms with Crippen molar-refractivity contribution in [2.75, 3.05) is 33.1 Å². The first-order valence-electron chi connectivity index (χ1n) is 7.66. The van der Waals surface area contributed by atoms with Gasteiger partial charge in [-0.3, -0.25) is 19.2 Å². The molecule has 144 valence electrons. The fourth-order valence-corrected chi connectivity index (χ4v) is 2.50. The van der Waals surface area contributed by atoms with Crippen molar-refractivity contribution in [3.8, 4) is 0 Å². The molecule has 1 atom stereocenters. The molecule has 26 heavy (non-hydrogen) atoms. The summed E-state index contributed by atoms with van der Waals surface area (Å²) in [4.78, 5) is 40.6. The molecule has 3 amide bonds. The van der Waals surface area contributed by atoms with Gasteiger partial charge in [-0.2, -0.15) is 0 Å². The summed E-state index contributed by atoms with van der Waals surface area (Å²) >= 11 is 11.7. The van der Waals surface area contributed by atoms with Crippen molar-refractivity contribution >= 4 is 46.6 Å². The molecule has 0 radical (unpaired) electrons. The molecular formula is C16H21Cl2N3O5. The summed E-state index contributed by atoms with van der Waals surface area (Å²) < 4.78 is 4.96. The van der Waals surface area contributed by atoms with E-state index in [2.05, 4.69) is 10.6 Å². The number of nitrogens with one attached hydrogen (secondary N) is 2. The van der Waals surface area contributed by atoms with Crippen LogP contribution in [0.5, 0.6) is 0 Å². The molecule has 2 N–H and O–H groups in total. The van der Waals surface area contributed by atoms with Gasteiger partial charge in [0.05, 0.1) is 7.11 Å². The molecule has 0 aliphatic carbocycles. The van der Waals surface area contributed by atoms with Gasteiger partial charge < -0.3 is 15.4 Å². The van der Waals surface area contributed by atoms with Crippen LogP contribution in [0.2, 0.25) is 10.0 Å². The number of hydroxylamine groups is 2. The highest BCUT2D eigenvalue weighted by Gasteiger charge is 2.26. The van der Waals surface area contributed by atoms with E-state index < -0.39 is 17.9 Å². The van der Waals surface area contributed by atoms with E-state index in [1.165, 1.54) is 39.5 Å². The predicted octanol–water partition coefficient (Wildman–Crippen LogP) is 1.86. The molecule has 0 aliphatic rings. The van der Waals surface area contributed by atoms with E-state index in [9.17, 15) is 14.4 Å². The van der Waals surface area contributed by atoms with Crippen LogP contribution in [-0.4, -0.2) is 56.7 Å². The quantitative estimate of drug-likeness (QED) is 0.371. The minimum Gasteiger partial charge on any atom is -0.362 e. The van der Waals surface area contributed by atoms with Gasteiger partial charge in [-0.05, 0) is 24.6 Å². The van der Waals surface area contributed by atoms with Crippen molar-refractivity contribution < 1.29 is 24.0 Å². The zero-order valence-electron chi connectivity index (χ0n) is 14.7. The normalized spacial score (nSPS) is 11.6. The highest BCUT2D eigenvalue weighted by molar-refractivity contribution is 6.35. The Hall–Kier alpha value is -1.87. The number of methoxy groups -OCH3 is 1. The van der Waals surface area contributed by atoms with E-state index in [4.69, 9.17) is 32.8 Å². The number of halogens is 2. The Morgan fingerprint density at radius 1 is 1.12 bits per heavy atom. The van der Waals surface area contributed by atoms with E-state index in [1.807, 2.05) is 0 Å². The van der Waals surface area contributed by atoms with Crippen LogP contribution in [0.4, 0.5) is 5.69 Å². The minimum atomic E-state index is -1.36. The van der Waals surface area contributed by atoms with Gasteiger partial charge in [0.25, 0.3) is 11.8 Å². The summed E-state index contributed by atoms with van der Waals surface area (Å²) in [7, 11) is 4.12. The third-order valence-corrected chi connectivity index (χ3v) is 3.77. The lowest BCUT2D eigenvalue weighted by atomic mass is 10.2. The first-order valence-corrected chi connectivity index (χ1v) is 8.42. The number of hydrogen-bond acceptors (Lipinski definition) is 5. The second-order valence-corrected chi connectivity index (χ2v) is 6.10. The maximum atomic E-state index is 12.2. The van der Waals surface area contributed by atoms with Gasteiger partial charge in [-0.15, -0.1) is 0 Å². The predicted molar refractivity (Wildman–Crippen MR) is 97.9 cm³/mol. The van der Waals surface area contributed by atoms with Crippen molar-refractivity contribution in [3.63, 3.8) is 0 Å². The second-order valence-electron chi connectivity index (χ2n) is 5.23. The van der Waals surface area contributed by atoms with Crippen LogP contribution in [0.3, 0.4) is 0 Å². The number of nitrogens with zero attached hydrogens (tertiary/aromatic N) is 1. The Morgan fingerprint density at radius 2 is 1.73 bits per heavy atom. The summed E-state index contributed by atoms with van der Waals surface area (Å²) in [5, 5.41) is 6.85. The van der Waals surface area contributed by atoms with Gasteiger partial charge >= 0.3 is 0 Å². The lowest BCUT2D eigenvalue weighted by Crippen LogP contribution is -2.44. The number of rotatable bonds is 9. The smallest absolute Gasteiger partial charge is 0.263 e. The maximum Gasteiger partial charge on any atom is 0.263 e. The Labute approximate surface area is 161 Å². The van der Waals surface area contributed by atoms with Gasteiger partial charge in [0.2, 0.25) is 12.0 Å². The molecule has 1 aromatic rings. The van der Waals surface area contributed by atoms with Crippen molar-refractivity contribution in [2.24, 2.45) is 0 Å². The standard InChI is InChI=1S/C16H21Cl2N3O5/c1-21(26-3)13(22)5-4-6-19-15(23)14(25-2)16(24)20-12-8-10(17)7-11(18)9-12/h7-9,14H,4-6H2,1-3H3,(H,19,23)(H,20,24). The van der Waals surface area contributed by atoms with E-state index in [0.29, 0.717) is 22.2 Å². The van der Waals surface area contributed by atoms with Crippen LogP contribution in [-0.2, 0) is 24.0 Å². The molecule has 0 saturated carbocycles. The Morgan fingerprint density at radius 3 is 2.27 bits per heavy atom. The Bertz CT molecular complexity index is 637. The van der Waals surface area contributed by atoms with E-state index in [-0.39, 0.29) is 18.9 Å². The number of anilines is 1. The molecule has 0 bridgehead atoms. The first kappa shape index (κ1) is 22.2. The third-order valence-electron chi connectivity index (χ3n) is 3.33. The fraction of sp³-hybridized carbons (Fsp3) is 0.438. The van der Waals surface area contributed by atoms with Gasteiger partial charge in [0.1, 0.15) is 0 Å². The molecule has 0 aromatic heterocycles. The highest BCUT2D eigenvalue weighted by atomic mass is 35.5. The summed E-state index contributed by atoms with van der Waals surface area (Å²) in [6, 6.07) is 4.50. The Balaban J connectivity index is 2.51. The van der Waals surface area contributed by atoms with E-state index >= 15 is 0 Å². The molecule has 1 rings (SSSR count). The van der Waals surface area contributed by atoms with E-state index in [1.54, 1.807) is 0 Å². The van der Waals surface area contributed by atoms with Crippen molar-refractivity contribution in [3.05, 3.63) is 28.2 Å². The molecular weight excluding hydrogens is 385 g/mol. The molecule has 0 spiro atoms.